The van der Waals surface area contributed by atoms with Crippen molar-refractivity contribution in [3.05, 3.63) is 28.2 Å². The minimum absolute atomic E-state index is 0.0388. The second-order valence-electron chi connectivity index (χ2n) is 4.43. The van der Waals surface area contributed by atoms with Crippen LogP contribution in [0.5, 0.6) is 0 Å². The Morgan fingerprint density at radius 1 is 1.28 bits per heavy atom. The Hall–Kier alpha value is 0.0700. The molecule has 102 valence electrons. The third-order valence-electron chi connectivity index (χ3n) is 2.94. The smallest absolute Gasteiger partial charge is 0.0611 e. The lowest BCUT2D eigenvalue weighted by molar-refractivity contribution is 0.182. The summed E-state index contributed by atoms with van der Waals surface area (Å²) in [6.45, 7) is 2.04. The number of thioether (sulfide) groups is 1. The summed E-state index contributed by atoms with van der Waals surface area (Å²) in [5.74, 6) is 0.940. The molecule has 0 fully saturated rings. The van der Waals surface area contributed by atoms with Crippen molar-refractivity contribution in [2.24, 2.45) is 5.73 Å². The molecule has 2 nitrogen and oxygen atoms in total. The number of halogens is 2. The van der Waals surface area contributed by atoms with E-state index >= 15 is 0 Å². The molecule has 1 rings (SSSR count). The molecule has 1 aromatic rings. The summed E-state index contributed by atoms with van der Waals surface area (Å²) in [5, 5.41) is 10.5. The van der Waals surface area contributed by atoms with Gasteiger partial charge in [0.1, 0.15) is 0 Å². The molecular formula is C13H19Cl2NOS. The number of aliphatic hydroxyl groups is 1. The summed E-state index contributed by atoms with van der Waals surface area (Å²) < 4.78 is 0. The van der Waals surface area contributed by atoms with Crippen LogP contribution in [0.15, 0.2) is 23.1 Å². The quantitative estimate of drug-likeness (QED) is 0.592. The fraction of sp³-hybridized carbons (Fsp3) is 0.538. The maximum atomic E-state index is 9.21. The molecule has 0 spiro atoms. The van der Waals surface area contributed by atoms with Gasteiger partial charge in [-0.1, -0.05) is 30.1 Å². The molecule has 0 bridgehead atoms. The van der Waals surface area contributed by atoms with Crippen molar-refractivity contribution >= 4 is 35.0 Å². The fourth-order valence-electron chi connectivity index (χ4n) is 1.59. The summed E-state index contributed by atoms with van der Waals surface area (Å²) in [5.41, 5.74) is 5.58. The van der Waals surface area contributed by atoms with Gasteiger partial charge >= 0.3 is 0 Å². The van der Waals surface area contributed by atoms with Crippen molar-refractivity contribution in [1.82, 2.24) is 0 Å². The van der Waals surface area contributed by atoms with Crippen molar-refractivity contribution in [2.75, 3.05) is 12.4 Å². The van der Waals surface area contributed by atoms with Crippen LogP contribution in [0.1, 0.15) is 26.2 Å². The summed E-state index contributed by atoms with van der Waals surface area (Å²) in [7, 11) is 0. The maximum Gasteiger partial charge on any atom is 0.0611 e. The largest absolute Gasteiger partial charge is 0.394 e. The van der Waals surface area contributed by atoms with Crippen LogP contribution in [0.25, 0.3) is 0 Å². The lowest BCUT2D eigenvalue weighted by Gasteiger charge is -2.25. The number of nitrogens with two attached hydrogens (primary N) is 1. The zero-order valence-corrected chi connectivity index (χ0v) is 12.8. The molecule has 0 aromatic heterocycles. The van der Waals surface area contributed by atoms with Gasteiger partial charge in [-0.15, -0.1) is 11.8 Å². The van der Waals surface area contributed by atoms with Crippen LogP contribution in [-0.4, -0.2) is 23.0 Å². The molecule has 1 atom stereocenters. The van der Waals surface area contributed by atoms with E-state index < -0.39 is 5.54 Å². The molecule has 0 aliphatic rings. The first-order valence-electron chi connectivity index (χ1n) is 5.98. The van der Waals surface area contributed by atoms with E-state index in [9.17, 15) is 5.11 Å². The van der Waals surface area contributed by atoms with Crippen LogP contribution < -0.4 is 5.73 Å². The van der Waals surface area contributed by atoms with Crippen LogP contribution in [0.2, 0.25) is 10.0 Å². The van der Waals surface area contributed by atoms with Crippen LogP contribution in [-0.2, 0) is 0 Å². The van der Waals surface area contributed by atoms with Crippen LogP contribution in [0.3, 0.4) is 0 Å². The molecular weight excluding hydrogens is 289 g/mol. The Kier molecular flexibility index (Phi) is 6.82. The highest BCUT2D eigenvalue weighted by Crippen LogP contribution is 2.27. The summed E-state index contributed by atoms with van der Waals surface area (Å²) in [4.78, 5) is 1.07. The average Bonchev–Trinajstić information content (AvgIpc) is 2.33. The van der Waals surface area contributed by atoms with Gasteiger partial charge in [0.25, 0.3) is 0 Å². The van der Waals surface area contributed by atoms with Crippen molar-refractivity contribution in [1.29, 1.82) is 0 Å². The van der Waals surface area contributed by atoms with Gasteiger partial charge in [0, 0.05) is 20.5 Å². The van der Waals surface area contributed by atoms with E-state index in [2.05, 4.69) is 0 Å². The normalized spacial score (nSPS) is 14.5. The predicted octanol–water partition coefficient (Wildman–Crippen LogP) is 3.97. The van der Waals surface area contributed by atoms with Crippen molar-refractivity contribution in [2.45, 2.75) is 36.6 Å². The van der Waals surface area contributed by atoms with Gasteiger partial charge in [-0.3, -0.25) is 0 Å². The summed E-state index contributed by atoms with van der Waals surface area (Å²) in [6.07, 6.45) is 2.57. The maximum absolute atomic E-state index is 9.21. The lowest BCUT2D eigenvalue weighted by atomic mass is 9.93. The molecule has 0 heterocycles. The fourth-order valence-corrected chi connectivity index (χ4v) is 3.19. The van der Waals surface area contributed by atoms with Gasteiger partial charge in [-0.2, -0.15) is 0 Å². The van der Waals surface area contributed by atoms with E-state index in [1.165, 1.54) is 0 Å². The van der Waals surface area contributed by atoms with Gasteiger partial charge in [-0.25, -0.2) is 0 Å². The Morgan fingerprint density at radius 3 is 2.39 bits per heavy atom. The Bertz CT molecular complexity index is 363. The average molecular weight is 308 g/mol. The third kappa shape index (κ3) is 5.37. The highest BCUT2D eigenvalue weighted by molar-refractivity contribution is 7.99. The van der Waals surface area contributed by atoms with E-state index in [1.807, 2.05) is 19.1 Å². The van der Waals surface area contributed by atoms with E-state index in [0.717, 1.165) is 29.9 Å². The highest BCUT2D eigenvalue weighted by Gasteiger charge is 2.20. The minimum atomic E-state index is -0.438. The van der Waals surface area contributed by atoms with Gasteiger partial charge < -0.3 is 10.8 Å². The second-order valence-corrected chi connectivity index (χ2v) is 6.47. The minimum Gasteiger partial charge on any atom is -0.394 e. The zero-order chi connectivity index (χ0) is 13.6. The summed E-state index contributed by atoms with van der Waals surface area (Å²) in [6, 6.07) is 5.53. The van der Waals surface area contributed by atoms with Crippen molar-refractivity contribution < 1.29 is 5.11 Å². The molecule has 1 aromatic carbocycles. The van der Waals surface area contributed by atoms with E-state index in [1.54, 1.807) is 17.8 Å². The first kappa shape index (κ1) is 16.1. The molecule has 0 saturated carbocycles. The van der Waals surface area contributed by atoms with Crippen molar-refractivity contribution in [3.8, 4) is 0 Å². The summed E-state index contributed by atoms with van der Waals surface area (Å²) >= 11 is 13.6. The highest BCUT2D eigenvalue weighted by atomic mass is 35.5. The lowest BCUT2D eigenvalue weighted by Crippen LogP contribution is -2.42. The van der Waals surface area contributed by atoms with E-state index in [-0.39, 0.29) is 6.61 Å². The molecule has 18 heavy (non-hydrogen) atoms. The Morgan fingerprint density at radius 2 is 1.89 bits per heavy atom. The van der Waals surface area contributed by atoms with Crippen molar-refractivity contribution in [3.63, 3.8) is 0 Å². The van der Waals surface area contributed by atoms with Gasteiger partial charge in [0.05, 0.1) is 6.61 Å². The molecule has 0 aliphatic carbocycles. The molecule has 0 radical (unpaired) electrons. The number of aliphatic hydroxyl groups excluding tert-OH is 1. The molecule has 0 saturated heterocycles. The molecule has 0 amide bonds. The van der Waals surface area contributed by atoms with E-state index in [0.29, 0.717) is 10.0 Å². The SMILES string of the molecule is CCC(N)(CO)CCCSc1cc(Cl)cc(Cl)c1. The first-order valence-corrected chi connectivity index (χ1v) is 7.72. The van der Waals surface area contributed by atoms with Crippen LogP contribution in [0.4, 0.5) is 0 Å². The molecule has 5 heteroatoms. The second kappa shape index (κ2) is 7.61. The predicted molar refractivity (Wildman–Crippen MR) is 80.7 cm³/mol. The van der Waals surface area contributed by atoms with Gasteiger partial charge in [0.15, 0.2) is 0 Å². The first-order chi connectivity index (χ1) is 8.49. The third-order valence-corrected chi connectivity index (χ3v) is 4.44. The molecule has 3 N–H and O–H groups in total. The van der Waals surface area contributed by atoms with Crippen LogP contribution >= 0.6 is 35.0 Å². The Balaban J connectivity index is 2.38. The topological polar surface area (TPSA) is 46.2 Å². The van der Waals surface area contributed by atoms with Gasteiger partial charge in [0.2, 0.25) is 0 Å². The molecule has 1 unspecified atom stereocenters. The zero-order valence-electron chi connectivity index (χ0n) is 10.5. The number of hydrogen-bond acceptors (Lipinski definition) is 3. The number of benzene rings is 1. The Labute approximate surface area is 123 Å². The van der Waals surface area contributed by atoms with E-state index in [4.69, 9.17) is 28.9 Å². The monoisotopic (exact) mass is 307 g/mol. The number of hydrogen-bond donors (Lipinski definition) is 2. The van der Waals surface area contributed by atoms with Crippen LogP contribution in [0, 0.1) is 0 Å². The molecule has 0 aliphatic heterocycles. The standard InChI is InChI=1S/C13H19Cl2NOS/c1-2-13(16,9-17)4-3-5-18-12-7-10(14)6-11(15)8-12/h6-8,17H,2-5,9,16H2,1H3. The van der Waals surface area contributed by atoms with Gasteiger partial charge in [-0.05, 0) is 43.2 Å². The number of rotatable bonds is 7.